The lowest BCUT2D eigenvalue weighted by Crippen LogP contribution is -2.55. The standard InChI is InChI=1S/C17H15Cl3FN3O4S.CH4/c1-24-15(17(26)22-9-2-3-13(21)10(18)6-9)7-14(23-29(24,27)28)8-4-11(19)16(25)12(20)5-8;/h2-6,14-15,23,25H,7H2,1H3,(H,22,26);1H4. The summed E-state index contributed by atoms with van der Waals surface area (Å²) in [6.45, 7) is 0. The van der Waals surface area contributed by atoms with Gasteiger partial charge in [0.2, 0.25) is 5.91 Å². The molecule has 1 heterocycles. The van der Waals surface area contributed by atoms with Gasteiger partial charge in [0, 0.05) is 12.7 Å². The van der Waals surface area contributed by atoms with Crippen LogP contribution in [0.3, 0.4) is 0 Å². The zero-order valence-electron chi connectivity index (χ0n) is 14.8. The predicted molar refractivity (Wildman–Crippen MR) is 116 cm³/mol. The molecule has 7 nitrogen and oxygen atoms in total. The third-order valence-corrected chi connectivity index (χ3v) is 6.96. The van der Waals surface area contributed by atoms with Gasteiger partial charge in [0.05, 0.1) is 21.1 Å². The van der Waals surface area contributed by atoms with Crippen molar-refractivity contribution in [2.75, 3.05) is 12.4 Å². The van der Waals surface area contributed by atoms with E-state index in [-0.39, 0.29) is 40.4 Å². The lowest BCUT2D eigenvalue weighted by Gasteiger charge is -2.36. The molecule has 3 rings (SSSR count). The predicted octanol–water partition coefficient (Wildman–Crippen LogP) is 4.35. The first kappa shape index (κ1) is 24.6. The Labute approximate surface area is 188 Å². The van der Waals surface area contributed by atoms with Crippen LogP contribution in [-0.2, 0) is 15.0 Å². The van der Waals surface area contributed by atoms with Crippen molar-refractivity contribution in [2.24, 2.45) is 0 Å². The SMILES string of the molecule is C.CN1C(C(=O)Nc2ccc(F)c(Cl)c2)CC(c2cc(Cl)c(O)c(Cl)c2)NS1(=O)=O. The molecule has 0 aliphatic carbocycles. The Morgan fingerprint density at radius 1 is 1.20 bits per heavy atom. The highest BCUT2D eigenvalue weighted by Crippen LogP contribution is 2.37. The van der Waals surface area contributed by atoms with Gasteiger partial charge in [-0.25, -0.2) is 4.39 Å². The van der Waals surface area contributed by atoms with E-state index >= 15 is 0 Å². The second-order valence-electron chi connectivity index (χ2n) is 6.39. The van der Waals surface area contributed by atoms with Gasteiger partial charge in [0.15, 0.2) is 5.75 Å². The summed E-state index contributed by atoms with van der Waals surface area (Å²) in [6.07, 6.45) is 0.0495. The minimum atomic E-state index is -4.01. The van der Waals surface area contributed by atoms with E-state index in [1.54, 1.807) is 0 Å². The fourth-order valence-corrected chi connectivity index (χ4v) is 4.87. The Morgan fingerprint density at radius 2 is 1.80 bits per heavy atom. The third-order valence-electron chi connectivity index (χ3n) is 4.50. The van der Waals surface area contributed by atoms with E-state index in [0.29, 0.717) is 5.56 Å². The molecule has 0 aromatic heterocycles. The first-order valence-corrected chi connectivity index (χ1v) is 10.8. The number of nitrogens with one attached hydrogen (secondary N) is 2. The van der Waals surface area contributed by atoms with E-state index in [2.05, 4.69) is 10.0 Å². The van der Waals surface area contributed by atoms with Gasteiger partial charge in [-0.2, -0.15) is 17.4 Å². The number of phenols is 1. The van der Waals surface area contributed by atoms with Crippen LogP contribution in [0.15, 0.2) is 30.3 Å². The number of carbonyl (C=O) groups excluding carboxylic acids is 1. The highest BCUT2D eigenvalue weighted by molar-refractivity contribution is 7.87. The molecular formula is C18H19Cl3FN3O4S. The van der Waals surface area contributed by atoms with E-state index < -0.39 is 34.0 Å². The number of carbonyl (C=O) groups is 1. The molecule has 2 aromatic carbocycles. The van der Waals surface area contributed by atoms with Crippen LogP contribution in [0.5, 0.6) is 5.75 Å². The van der Waals surface area contributed by atoms with Gasteiger partial charge >= 0.3 is 0 Å². The lowest BCUT2D eigenvalue weighted by molar-refractivity contribution is -0.120. The molecule has 1 amide bonds. The molecule has 2 unspecified atom stereocenters. The lowest BCUT2D eigenvalue weighted by atomic mass is 9.99. The van der Waals surface area contributed by atoms with Crippen molar-refractivity contribution in [3.05, 3.63) is 56.8 Å². The van der Waals surface area contributed by atoms with E-state index in [9.17, 15) is 22.7 Å². The Balaban J connectivity index is 0.00000320. The van der Waals surface area contributed by atoms with Crippen molar-refractivity contribution < 1.29 is 22.7 Å². The maximum atomic E-state index is 13.3. The second kappa shape index (κ2) is 9.25. The zero-order chi connectivity index (χ0) is 21.5. The van der Waals surface area contributed by atoms with Crippen LogP contribution in [0.25, 0.3) is 0 Å². The molecule has 1 aliphatic heterocycles. The molecule has 12 heteroatoms. The number of hydrogen-bond donors (Lipinski definition) is 3. The van der Waals surface area contributed by atoms with E-state index in [0.717, 1.165) is 10.4 Å². The van der Waals surface area contributed by atoms with Gasteiger partial charge in [0.25, 0.3) is 10.2 Å². The van der Waals surface area contributed by atoms with Crippen molar-refractivity contribution >= 4 is 56.6 Å². The molecule has 30 heavy (non-hydrogen) atoms. The van der Waals surface area contributed by atoms with E-state index in [4.69, 9.17) is 34.8 Å². The molecule has 164 valence electrons. The summed E-state index contributed by atoms with van der Waals surface area (Å²) in [5.74, 6) is -1.59. The molecule has 1 fully saturated rings. The average molecular weight is 499 g/mol. The Bertz CT molecular complexity index is 1060. The number of aromatic hydroxyl groups is 1. The van der Waals surface area contributed by atoms with Crippen molar-refractivity contribution in [1.29, 1.82) is 0 Å². The number of likely N-dealkylation sites (N-methyl/N-ethyl adjacent to an activating group) is 1. The molecule has 3 N–H and O–H groups in total. The molecule has 0 radical (unpaired) electrons. The zero-order valence-corrected chi connectivity index (χ0v) is 17.9. The molecule has 2 atom stereocenters. The smallest absolute Gasteiger partial charge is 0.280 e. The van der Waals surface area contributed by atoms with Crippen LogP contribution in [-0.4, -0.2) is 36.8 Å². The molecule has 0 spiro atoms. The van der Waals surface area contributed by atoms with Crippen LogP contribution in [0.1, 0.15) is 25.5 Å². The molecule has 0 bridgehead atoms. The van der Waals surface area contributed by atoms with Gasteiger partial charge < -0.3 is 10.4 Å². The van der Waals surface area contributed by atoms with Gasteiger partial charge in [-0.1, -0.05) is 42.2 Å². The summed E-state index contributed by atoms with van der Waals surface area (Å²) in [5, 5.41) is 12.0. The Morgan fingerprint density at radius 3 is 2.37 bits per heavy atom. The maximum Gasteiger partial charge on any atom is 0.280 e. The van der Waals surface area contributed by atoms with Crippen molar-refractivity contribution in [1.82, 2.24) is 9.03 Å². The molecule has 1 aliphatic rings. The van der Waals surface area contributed by atoms with Crippen molar-refractivity contribution in [2.45, 2.75) is 25.9 Å². The van der Waals surface area contributed by atoms with Crippen LogP contribution in [0, 0.1) is 5.82 Å². The van der Waals surface area contributed by atoms with Crippen LogP contribution < -0.4 is 10.0 Å². The van der Waals surface area contributed by atoms with Gasteiger partial charge in [-0.3, -0.25) is 4.79 Å². The van der Waals surface area contributed by atoms with E-state index in [1.807, 2.05) is 0 Å². The fraction of sp³-hybridized carbons (Fsp3) is 0.278. The summed E-state index contributed by atoms with van der Waals surface area (Å²) < 4.78 is 41.7. The summed E-state index contributed by atoms with van der Waals surface area (Å²) >= 11 is 17.6. The average Bonchev–Trinajstić information content (AvgIpc) is 2.64. The van der Waals surface area contributed by atoms with Crippen LogP contribution >= 0.6 is 34.8 Å². The van der Waals surface area contributed by atoms with Crippen molar-refractivity contribution in [3.63, 3.8) is 0 Å². The maximum absolute atomic E-state index is 13.3. The van der Waals surface area contributed by atoms with Crippen LogP contribution in [0.4, 0.5) is 10.1 Å². The number of amides is 1. The third kappa shape index (κ3) is 4.99. The van der Waals surface area contributed by atoms with Gasteiger partial charge in [-0.15, -0.1) is 0 Å². The normalized spacial score (nSPS) is 21.0. The number of hydrogen-bond acceptors (Lipinski definition) is 4. The van der Waals surface area contributed by atoms with Crippen LogP contribution in [0.2, 0.25) is 15.1 Å². The van der Waals surface area contributed by atoms with Crippen molar-refractivity contribution in [3.8, 4) is 5.75 Å². The number of nitrogens with zero attached hydrogens (tertiary/aromatic N) is 1. The Hall–Kier alpha value is -1.62. The van der Waals surface area contributed by atoms with Gasteiger partial charge in [0.1, 0.15) is 11.9 Å². The monoisotopic (exact) mass is 497 g/mol. The number of anilines is 1. The summed E-state index contributed by atoms with van der Waals surface area (Å²) in [7, 11) is -2.75. The highest BCUT2D eigenvalue weighted by atomic mass is 35.5. The number of benzene rings is 2. The fourth-order valence-electron chi connectivity index (χ4n) is 2.91. The summed E-state index contributed by atoms with van der Waals surface area (Å²) in [4.78, 5) is 12.8. The first-order chi connectivity index (χ1) is 13.5. The second-order valence-corrected chi connectivity index (χ2v) is 9.38. The van der Waals surface area contributed by atoms with Gasteiger partial charge in [-0.05, 0) is 42.3 Å². The van der Waals surface area contributed by atoms with E-state index in [1.165, 1.54) is 31.3 Å². The summed E-state index contributed by atoms with van der Waals surface area (Å²) in [6, 6.07) is 4.46. The molecule has 0 saturated carbocycles. The molecule has 2 aromatic rings. The molecular weight excluding hydrogens is 480 g/mol. The highest BCUT2D eigenvalue weighted by Gasteiger charge is 2.41. The minimum Gasteiger partial charge on any atom is -0.505 e. The minimum absolute atomic E-state index is 0. The largest absolute Gasteiger partial charge is 0.505 e. The number of rotatable bonds is 3. The molecule has 1 saturated heterocycles. The summed E-state index contributed by atoms with van der Waals surface area (Å²) in [5.41, 5.74) is 0.607. The topological polar surface area (TPSA) is 98.7 Å². The Kier molecular flexibility index (Phi) is 7.60. The first-order valence-electron chi connectivity index (χ1n) is 8.18. The number of halogens is 4. The quantitative estimate of drug-likeness (QED) is 0.586. The number of phenolic OH excluding ortho intramolecular Hbond substituents is 1.